The zero-order chi connectivity index (χ0) is 14.4. The number of carbonyl (C=O) groups excluding carboxylic acids is 2. The standard InChI is InChI=1S/C16H17NO3/c1-2-20-16(19)14-9-6-12-17(14)15(18)11-10-13-7-4-3-5-8-13/h3-5,7-8,14H,2,6,9,12H2,1H3. The first-order chi connectivity index (χ1) is 9.72. The maximum absolute atomic E-state index is 12.1. The second-order valence-corrected chi connectivity index (χ2v) is 4.52. The Morgan fingerprint density at radius 1 is 1.35 bits per heavy atom. The predicted octanol–water partition coefficient (Wildman–Crippen LogP) is 1.59. The van der Waals surface area contributed by atoms with E-state index in [-0.39, 0.29) is 11.9 Å². The summed E-state index contributed by atoms with van der Waals surface area (Å²) in [4.78, 5) is 25.4. The summed E-state index contributed by atoms with van der Waals surface area (Å²) in [5, 5.41) is 0. The zero-order valence-corrected chi connectivity index (χ0v) is 11.5. The van der Waals surface area contributed by atoms with E-state index in [1.807, 2.05) is 30.3 Å². The van der Waals surface area contributed by atoms with Gasteiger partial charge in [0.25, 0.3) is 5.91 Å². The molecule has 1 aromatic carbocycles. The van der Waals surface area contributed by atoms with E-state index >= 15 is 0 Å². The summed E-state index contributed by atoms with van der Waals surface area (Å²) >= 11 is 0. The molecule has 1 heterocycles. The molecule has 2 rings (SSSR count). The number of carbonyl (C=O) groups is 2. The molecular weight excluding hydrogens is 254 g/mol. The van der Waals surface area contributed by atoms with Gasteiger partial charge in [-0.15, -0.1) is 0 Å². The Hall–Kier alpha value is -2.28. The summed E-state index contributed by atoms with van der Waals surface area (Å²) < 4.78 is 4.99. The number of ether oxygens (including phenoxy) is 1. The molecule has 0 spiro atoms. The molecule has 1 saturated heterocycles. The molecule has 0 radical (unpaired) electrons. The average Bonchev–Trinajstić information content (AvgIpc) is 2.96. The first kappa shape index (κ1) is 14.1. The Labute approximate surface area is 118 Å². The fraction of sp³-hybridized carbons (Fsp3) is 0.375. The molecule has 1 aromatic rings. The van der Waals surface area contributed by atoms with Crippen molar-refractivity contribution in [2.45, 2.75) is 25.8 Å². The Morgan fingerprint density at radius 3 is 2.80 bits per heavy atom. The van der Waals surface area contributed by atoms with Crippen LogP contribution in [0.2, 0.25) is 0 Å². The molecule has 0 aliphatic carbocycles. The highest BCUT2D eigenvalue weighted by atomic mass is 16.5. The summed E-state index contributed by atoms with van der Waals surface area (Å²) in [6.45, 7) is 2.65. The SMILES string of the molecule is CCOC(=O)C1CCCN1C(=O)C#Cc1ccccc1. The van der Waals surface area contributed by atoms with E-state index in [2.05, 4.69) is 11.8 Å². The van der Waals surface area contributed by atoms with E-state index in [9.17, 15) is 9.59 Å². The average molecular weight is 271 g/mol. The van der Waals surface area contributed by atoms with Gasteiger partial charge in [-0.3, -0.25) is 4.79 Å². The summed E-state index contributed by atoms with van der Waals surface area (Å²) in [7, 11) is 0. The molecule has 1 unspecified atom stereocenters. The number of rotatable bonds is 2. The third-order valence-electron chi connectivity index (χ3n) is 3.16. The molecule has 1 aliphatic rings. The van der Waals surface area contributed by atoms with Crippen LogP contribution in [0.5, 0.6) is 0 Å². The molecule has 1 amide bonds. The van der Waals surface area contributed by atoms with E-state index in [1.54, 1.807) is 6.92 Å². The lowest BCUT2D eigenvalue weighted by Gasteiger charge is -2.20. The second-order valence-electron chi connectivity index (χ2n) is 4.52. The number of hydrogen-bond acceptors (Lipinski definition) is 3. The smallest absolute Gasteiger partial charge is 0.328 e. The summed E-state index contributed by atoms with van der Waals surface area (Å²) in [5.41, 5.74) is 0.785. The number of nitrogens with zero attached hydrogens (tertiary/aromatic N) is 1. The molecule has 0 aromatic heterocycles. The molecule has 1 atom stereocenters. The molecule has 104 valence electrons. The van der Waals surface area contributed by atoms with Crippen molar-refractivity contribution in [2.75, 3.05) is 13.2 Å². The van der Waals surface area contributed by atoms with Crippen LogP contribution in [-0.4, -0.2) is 36.0 Å². The minimum atomic E-state index is -0.479. The van der Waals surface area contributed by atoms with Gasteiger partial charge in [0.1, 0.15) is 6.04 Å². The molecule has 1 aliphatic heterocycles. The highest BCUT2D eigenvalue weighted by molar-refractivity contribution is 5.97. The maximum Gasteiger partial charge on any atom is 0.328 e. The topological polar surface area (TPSA) is 46.6 Å². The largest absolute Gasteiger partial charge is 0.464 e. The minimum absolute atomic E-state index is 0.315. The van der Waals surface area contributed by atoms with Gasteiger partial charge in [-0.25, -0.2) is 4.79 Å². The van der Waals surface area contributed by atoms with E-state index in [4.69, 9.17) is 4.74 Å². The Bertz CT molecular complexity index is 542. The van der Waals surface area contributed by atoms with Crippen LogP contribution >= 0.6 is 0 Å². The highest BCUT2D eigenvalue weighted by Gasteiger charge is 2.34. The molecule has 20 heavy (non-hydrogen) atoms. The lowest BCUT2D eigenvalue weighted by atomic mass is 10.2. The molecule has 4 heteroatoms. The molecule has 4 nitrogen and oxygen atoms in total. The van der Waals surface area contributed by atoms with Crippen molar-refractivity contribution in [1.82, 2.24) is 4.90 Å². The Balaban J connectivity index is 2.05. The lowest BCUT2D eigenvalue weighted by Crippen LogP contribution is -2.40. The van der Waals surface area contributed by atoms with Crippen LogP contribution < -0.4 is 0 Å². The van der Waals surface area contributed by atoms with Crippen LogP contribution in [-0.2, 0) is 14.3 Å². The summed E-state index contributed by atoms with van der Waals surface area (Å²) in [6, 6.07) is 8.83. The minimum Gasteiger partial charge on any atom is -0.464 e. The number of amides is 1. The van der Waals surface area contributed by atoms with Crippen LogP contribution in [0.25, 0.3) is 0 Å². The summed E-state index contributed by atoms with van der Waals surface area (Å²) in [6.07, 6.45) is 1.46. The van der Waals surface area contributed by atoms with Crippen molar-refractivity contribution >= 4 is 11.9 Å². The van der Waals surface area contributed by atoms with Crippen molar-refractivity contribution in [3.05, 3.63) is 35.9 Å². The molecular formula is C16H17NO3. The molecule has 1 fully saturated rings. The van der Waals surface area contributed by atoms with E-state index < -0.39 is 6.04 Å². The quantitative estimate of drug-likeness (QED) is 0.606. The lowest BCUT2D eigenvalue weighted by molar-refractivity contribution is -0.151. The van der Waals surface area contributed by atoms with Crippen molar-refractivity contribution in [1.29, 1.82) is 0 Å². The molecule has 0 N–H and O–H groups in total. The number of esters is 1. The summed E-state index contributed by atoms with van der Waals surface area (Å²) in [5.74, 6) is 4.77. The maximum atomic E-state index is 12.1. The molecule has 0 saturated carbocycles. The van der Waals surface area contributed by atoms with Crippen molar-refractivity contribution in [3.8, 4) is 11.8 Å². The van der Waals surface area contributed by atoms with Gasteiger partial charge in [0, 0.05) is 18.0 Å². The van der Waals surface area contributed by atoms with Gasteiger partial charge in [-0.2, -0.15) is 0 Å². The van der Waals surface area contributed by atoms with E-state index in [0.717, 1.165) is 12.0 Å². The highest BCUT2D eigenvalue weighted by Crippen LogP contribution is 2.18. The normalized spacial score (nSPS) is 17.2. The third-order valence-corrected chi connectivity index (χ3v) is 3.16. The van der Waals surface area contributed by atoms with Gasteiger partial charge >= 0.3 is 5.97 Å². The number of benzene rings is 1. The van der Waals surface area contributed by atoms with Gasteiger partial charge in [-0.1, -0.05) is 24.1 Å². The van der Waals surface area contributed by atoms with Gasteiger partial charge < -0.3 is 9.64 Å². The van der Waals surface area contributed by atoms with Crippen LogP contribution in [0.4, 0.5) is 0 Å². The van der Waals surface area contributed by atoms with Crippen LogP contribution in [0, 0.1) is 11.8 Å². The first-order valence-corrected chi connectivity index (χ1v) is 6.76. The van der Waals surface area contributed by atoms with Crippen molar-refractivity contribution < 1.29 is 14.3 Å². The third kappa shape index (κ3) is 3.39. The van der Waals surface area contributed by atoms with Gasteiger partial charge in [-0.05, 0) is 31.9 Å². The Morgan fingerprint density at radius 2 is 2.10 bits per heavy atom. The van der Waals surface area contributed by atoms with Crippen molar-refractivity contribution in [3.63, 3.8) is 0 Å². The fourth-order valence-corrected chi connectivity index (χ4v) is 2.21. The van der Waals surface area contributed by atoms with E-state index in [0.29, 0.717) is 19.6 Å². The number of likely N-dealkylation sites (tertiary alicyclic amines) is 1. The second kappa shape index (κ2) is 6.76. The van der Waals surface area contributed by atoms with Gasteiger partial charge in [0.15, 0.2) is 0 Å². The van der Waals surface area contributed by atoms with Crippen LogP contribution in [0.1, 0.15) is 25.3 Å². The van der Waals surface area contributed by atoms with Gasteiger partial charge in [0.2, 0.25) is 0 Å². The Kier molecular flexibility index (Phi) is 4.78. The number of hydrogen-bond donors (Lipinski definition) is 0. The first-order valence-electron chi connectivity index (χ1n) is 6.76. The van der Waals surface area contributed by atoms with Crippen LogP contribution in [0.3, 0.4) is 0 Å². The van der Waals surface area contributed by atoms with Gasteiger partial charge in [0.05, 0.1) is 6.61 Å². The van der Waals surface area contributed by atoms with E-state index in [1.165, 1.54) is 4.90 Å². The zero-order valence-electron chi connectivity index (χ0n) is 11.5. The predicted molar refractivity (Wildman–Crippen MR) is 74.7 cm³/mol. The monoisotopic (exact) mass is 271 g/mol. The fourth-order valence-electron chi connectivity index (χ4n) is 2.21. The molecule has 0 bridgehead atoms. The van der Waals surface area contributed by atoms with Crippen molar-refractivity contribution in [2.24, 2.45) is 0 Å². The van der Waals surface area contributed by atoms with Crippen LogP contribution in [0.15, 0.2) is 30.3 Å².